The number of methoxy groups -OCH3 is 1. The molecule has 0 spiro atoms. The summed E-state index contributed by atoms with van der Waals surface area (Å²) >= 11 is 0. The van der Waals surface area contributed by atoms with Crippen molar-refractivity contribution in [1.29, 1.82) is 0 Å². The van der Waals surface area contributed by atoms with Gasteiger partial charge in [0.1, 0.15) is 0 Å². The van der Waals surface area contributed by atoms with E-state index in [1.807, 2.05) is 4.74 Å². The Morgan fingerprint density at radius 3 is 1.39 bits per heavy atom. The number of carbonyl (C=O) groups excluding carboxylic acids is 1. The van der Waals surface area contributed by atoms with E-state index in [2.05, 4.69) is 9.47 Å². The zero-order valence-corrected chi connectivity index (χ0v) is 10.3. The molecule has 0 aromatic rings. The molecule has 0 radical (unpaired) electrons. The lowest BCUT2D eigenvalue weighted by Crippen LogP contribution is -2.53. The van der Waals surface area contributed by atoms with Crippen LogP contribution in [0.25, 0.3) is 0 Å². The SMILES string of the molecule is COC(=O)C(F)(F)OC(F)(F)C(F)(F)OC(F)(F)C(F)=C(F)F. The van der Waals surface area contributed by atoms with Crippen LogP contribution < -0.4 is 0 Å². The molecule has 0 N–H and O–H groups in total. The van der Waals surface area contributed by atoms with E-state index in [0.717, 1.165) is 0 Å². The van der Waals surface area contributed by atoms with Crippen LogP contribution in [0.1, 0.15) is 0 Å². The van der Waals surface area contributed by atoms with Crippen molar-refractivity contribution in [3.8, 4) is 0 Å². The second-order valence-electron chi connectivity index (χ2n) is 3.34. The molecule has 4 nitrogen and oxygen atoms in total. The normalized spacial score (nSPS) is 13.7. The van der Waals surface area contributed by atoms with Gasteiger partial charge in [0.2, 0.25) is 0 Å². The quantitative estimate of drug-likeness (QED) is 0.506. The van der Waals surface area contributed by atoms with Crippen LogP contribution in [0.4, 0.5) is 48.3 Å². The van der Waals surface area contributed by atoms with Gasteiger partial charge in [0.15, 0.2) is 0 Å². The van der Waals surface area contributed by atoms with Crippen molar-refractivity contribution in [1.82, 2.24) is 0 Å². The lowest BCUT2D eigenvalue weighted by atomic mass is 10.5. The predicted molar refractivity (Wildman–Crippen MR) is 44.3 cm³/mol. The summed E-state index contributed by atoms with van der Waals surface area (Å²) in [6.45, 7) is 0. The molecular weight excluding hydrogens is 369 g/mol. The van der Waals surface area contributed by atoms with Crippen LogP contribution in [-0.2, 0) is 19.0 Å². The highest BCUT2D eigenvalue weighted by atomic mass is 19.3. The summed E-state index contributed by atoms with van der Waals surface area (Å²) in [5.74, 6) is -6.91. The van der Waals surface area contributed by atoms with Gasteiger partial charge in [0.05, 0.1) is 7.11 Å². The van der Waals surface area contributed by atoms with Crippen molar-refractivity contribution in [2.45, 2.75) is 24.4 Å². The van der Waals surface area contributed by atoms with Gasteiger partial charge in [0.25, 0.3) is 5.83 Å². The van der Waals surface area contributed by atoms with E-state index in [4.69, 9.17) is 0 Å². The Morgan fingerprint density at radius 1 is 0.739 bits per heavy atom. The molecule has 0 fully saturated rings. The number of alkyl halides is 8. The van der Waals surface area contributed by atoms with E-state index in [-0.39, 0.29) is 7.11 Å². The van der Waals surface area contributed by atoms with Crippen molar-refractivity contribution in [3.05, 3.63) is 11.9 Å². The first-order chi connectivity index (χ1) is 10.00. The Bertz CT molecular complexity index is 482. The number of hydrogen-bond acceptors (Lipinski definition) is 4. The van der Waals surface area contributed by atoms with Crippen LogP contribution in [0, 0.1) is 0 Å². The third-order valence-electron chi connectivity index (χ3n) is 1.70. The van der Waals surface area contributed by atoms with Crippen molar-refractivity contribution in [2.24, 2.45) is 0 Å². The molecule has 0 saturated carbocycles. The fraction of sp³-hybridized carbons (Fsp3) is 0.625. The van der Waals surface area contributed by atoms with Crippen LogP contribution in [-0.4, -0.2) is 37.5 Å². The summed E-state index contributed by atoms with van der Waals surface area (Å²) in [5, 5.41) is 0. The molecule has 0 unspecified atom stereocenters. The van der Waals surface area contributed by atoms with Crippen LogP contribution in [0.2, 0.25) is 0 Å². The summed E-state index contributed by atoms with van der Waals surface area (Å²) in [5.41, 5.74) is 0. The first-order valence-electron chi connectivity index (χ1n) is 4.71. The predicted octanol–water partition coefficient (Wildman–Crippen LogP) is 3.64. The van der Waals surface area contributed by atoms with E-state index < -0.39 is 42.3 Å². The van der Waals surface area contributed by atoms with Crippen molar-refractivity contribution in [2.75, 3.05) is 7.11 Å². The minimum absolute atomic E-state index is 0.199. The van der Waals surface area contributed by atoms with Crippen LogP contribution >= 0.6 is 0 Å². The first-order valence-corrected chi connectivity index (χ1v) is 4.71. The third kappa shape index (κ3) is 4.92. The lowest BCUT2D eigenvalue weighted by molar-refractivity contribution is -0.504. The maximum Gasteiger partial charge on any atom is 0.460 e. The van der Waals surface area contributed by atoms with Gasteiger partial charge in [0, 0.05) is 0 Å². The number of ether oxygens (including phenoxy) is 3. The molecule has 23 heavy (non-hydrogen) atoms. The molecule has 0 amide bonds. The smallest absolute Gasteiger partial charge is 0.460 e. The molecule has 0 aromatic carbocycles. The number of esters is 1. The van der Waals surface area contributed by atoms with Crippen LogP contribution in [0.5, 0.6) is 0 Å². The standard InChI is InChI=1S/C8H3F11O4/c1-21-4(20)6(14,15)23-8(18,19)7(16,17)22-5(12,13)2(9)3(10)11/h1H3. The largest absolute Gasteiger partial charge is 0.463 e. The third-order valence-corrected chi connectivity index (χ3v) is 1.70. The number of halogens is 11. The summed E-state index contributed by atoms with van der Waals surface area (Å²) in [6.07, 6.45) is -29.4. The fourth-order valence-electron chi connectivity index (χ4n) is 0.756. The molecule has 0 aliphatic heterocycles. The van der Waals surface area contributed by atoms with Gasteiger partial charge in [-0.05, 0) is 0 Å². The Kier molecular flexibility index (Phi) is 6.00. The topological polar surface area (TPSA) is 44.8 Å². The van der Waals surface area contributed by atoms with Crippen molar-refractivity contribution >= 4 is 5.97 Å². The zero-order chi connectivity index (χ0) is 18.9. The minimum Gasteiger partial charge on any atom is -0.463 e. The van der Waals surface area contributed by atoms with Gasteiger partial charge in [-0.2, -0.15) is 48.3 Å². The first kappa shape index (κ1) is 21.4. The molecule has 0 aliphatic carbocycles. The monoisotopic (exact) mass is 372 g/mol. The summed E-state index contributed by atoms with van der Waals surface area (Å²) in [4.78, 5) is 10.3. The maximum atomic E-state index is 12.7. The van der Waals surface area contributed by atoms with Gasteiger partial charge in [-0.1, -0.05) is 0 Å². The zero-order valence-electron chi connectivity index (χ0n) is 10.3. The molecule has 0 aromatic heterocycles. The second kappa shape index (κ2) is 6.46. The van der Waals surface area contributed by atoms with E-state index in [1.165, 1.54) is 0 Å². The fourth-order valence-corrected chi connectivity index (χ4v) is 0.756. The molecular formula is C8H3F11O4. The molecule has 0 aliphatic rings. The highest BCUT2D eigenvalue weighted by molar-refractivity contribution is 5.75. The van der Waals surface area contributed by atoms with E-state index >= 15 is 0 Å². The van der Waals surface area contributed by atoms with Gasteiger partial charge < -0.3 is 4.74 Å². The van der Waals surface area contributed by atoms with Crippen molar-refractivity contribution < 1.29 is 67.3 Å². The molecule has 15 heteroatoms. The molecule has 0 heterocycles. The van der Waals surface area contributed by atoms with E-state index in [1.54, 1.807) is 0 Å². The molecule has 136 valence electrons. The Hall–Kier alpha value is -1.64. The minimum atomic E-state index is -6.76. The van der Waals surface area contributed by atoms with Crippen LogP contribution in [0.15, 0.2) is 11.9 Å². The van der Waals surface area contributed by atoms with Crippen molar-refractivity contribution in [3.63, 3.8) is 0 Å². The average molecular weight is 372 g/mol. The number of hydrogen-bond donors (Lipinski definition) is 0. The van der Waals surface area contributed by atoms with Gasteiger partial charge in [-0.15, -0.1) is 0 Å². The van der Waals surface area contributed by atoms with Gasteiger partial charge in [-0.25, -0.2) is 14.3 Å². The average Bonchev–Trinajstić information content (AvgIpc) is 2.33. The number of rotatable bonds is 7. The molecule has 0 atom stereocenters. The highest BCUT2D eigenvalue weighted by Gasteiger charge is 2.69. The number of carbonyl (C=O) groups is 1. The Balaban J connectivity index is 5.49. The summed E-state index contributed by atoms with van der Waals surface area (Å²) in [6, 6.07) is 0. The summed E-state index contributed by atoms with van der Waals surface area (Å²) in [7, 11) is 0.199. The van der Waals surface area contributed by atoms with E-state index in [0.29, 0.717) is 0 Å². The lowest BCUT2D eigenvalue weighted by Gasteiger charge is -2.29. The summed E-state index contributed by atoms with van der Waals surface area (Å²) < 4.78 is 143. The van der Waals surface area contributed by atoms with Crippen LogP contribution in [0.3, 0.4) is 0 Å². The Labute approximate surface area is 118 Å². The Morgan fingerprint density at radius 2 is 1.09 bits per heavy atom. The second-order valence-corrected chi connectivity index (χ2v) is 3.34. The highest BCUT2D eigenvalue weighted by Crippen LogP contribution is 2.45. The van der Waals surface area contributed by atoms with E-state index in [9.17, 15) is 53.1 Å². The van der Waals surface area contributed by atoms with Gasteiger partial charge in [-0.3, -0.25) is 0 Å². The molecule has 0 saturated heterocycles. The maximum absolute atomic E-state index is 12.7. The molecule has 0 bridgehead atoms. The molecule has 0 rings (SSSR count). The van der Waals surface area contributed by atoms with Gasteiger partial charge >= 0.3 is 36.5 Å².